The van der Waals surface area contributed by atoms with Crippen LogP contribution in [-0.4, -0.2) is 40.9 Å². The van der Waals surface area contributed by atoms with Gasteiger partial charge in [-0.2, -0.15) is 0 Å². The fourth-order valence-corrected chi connectivity index (χ4v) is 1.39. The van der Waals surface area contributed by atoms with Gasteiger partial charge in [0.1, 0.15) is 0 Å². The molecule has 11 heavy (non-hydrogen) atoms. The number of nitrogens with zero attached hydrogens (tertiary/aromatic N) is 1. The molecule has 1 amide bonds. The Morgan fingerprint density at radius 2 is 2.36 bits per heavy atom. The Morgan fingerprint density at radius 3 is 2.91 bits per heavy atom. The van der Waals surface area contributed by atoms with Crippen molar-refractivity contribution in [2.75, 3.05) is 19.7 Å². The number of aliphatic hydroxyl groups excluding tert-OH is 1. The molecule has 64 valence electrons. The summed E-state index contributed by atoms with van der Waals surface area (Å²) < 4.78 is 0. The molecule has 1 atom stereocenters. The summed E-state index contributed by atoms with van der Waals surface area (Å²) in [4.78, 5) is 11.8. The molecular formula is C7H13NO3. The summed E-state index contributed by atoms with van der Waals surface area (Å²) in [5.41, 5.74) is 0. The molecule has 1 saturated heterocycles. The van der Waals surface area contributed by atoms with Gasteiger partial charge in [0.25, 0.3) is 0 Å². The Balaban J connectivity index is 2.39. The molecule has 1 rings (SSSR count). The standard InChI is InChI=1S/C7H13NO3/c9-5-6-2-1-3-8(4-6)7(10)11/h6,9H,1-5H2,(H,10,11)/t6-/m0/s1. The van der Waals surface area contributed by atoms with Crippen molar-refractivity contribution in [3.8, 4) is 0 Å². The van der Waals surface area contributed by atoms with Crippen LogP contribution in [0.2, 0.25) is 0 Å². The Bertz CT molecular complexity index is 149. The van der Waals surface area contributed by atoms with Crippen LogP contribution in [0.4, 0.5) is 4.79 Å². The van der Waals surface area contributed by atoms with E-state index in [1.807, 2.05) is 0 Å². The first-order valence-electron chi connectivity index (χ1n) is 3.82. The monoisotopic (exact) mass is 159 g/mol. The van der Waals surface area contributed by atoms with Crippen LogP contribution in [0.15, 0.2) is 0 Å². The Morgan fingerprint density at radius 1 is 1.64 bits per heavy atom. The van der Waals surface area contributed by atoms with Crippen molar-refractivity contribution in [2.45, 2.75) is 12.8 Å². The fourth-order valence-electron chi connectivity index (χ4n) is 1.39. The third-order valence-corrected chi connectivity index (χ3v) is 2.05. The Kier molecular flexibility index (Phi) is 2.70. The summed E-state index contributed by atoms with van der Waals surface area (Å²) in [5, 5.41) is 17.4. The number of carboxylic acid groups (broad SMARTS) is 1. The number of piperidine rings is 1. The van der Waals surface area contributed by atoms with E-state index in [-0.39, 0.29) is 12.5 Å². The zero-order chi connectivity index (χ0) is 8.27. The molecule has 0 aromatic rings. The third kappa shape index (κ3) is 2.08. The molecule has 1 heterocycles. The van der Waals surface area contributed by atoms with Crippen molar-refractivity contribution >= 4 is 6.09 Å². The summed E-state index contributed by atoms with van der Waals surface area (Å²) in [5.74, 6) is 0.153. The molecule has 0 saturated carbocycles. The summed E-state index contributed by atoms with van der Waals surface area (Å²) >= 11 is 0. The maximum atomic E-state index is 10.5. The minimum absolute atomic E-state index is 0.101. The van der Waals surface area contributed by atoms with Crippen LogP contribution in [0.25, 0.3) is 0 Å². The summed E-state index contributed by atoms with van der Waals surface area (Å²) in [6.07, 6.45) is 0.945. The van der Waals surface area contributed by atoms with Crippen LogP contribution in [0.1, 0.15) is 12.8 Å². The molecule has 0 radical (unpaired) electrons. The first-order valence-corrected chi connectivity index (χ1v) is 3.82. The molecule has 0 unspecified atom stereocenters. The second-order valence-electron chi connectivity index (χ2n) is 2.92. The number of aliphatic hydroxyl groups is 1. The van der Waals surface area contributed by atoms with E-state index >= 15 is 0 Å². The van der Waals surface area contributed by atoms with Gasteiger partial charge in [0, 0.05) is 19.7 Å². The van der Waals surface area contributed by atoms with Crippen molar-refractivity contribution in [2.24, 2.45) is 5.92 Å². The lowest BCUT2D eigenvalue weighted by molar-refractivity contribution is 0.100. The van der Waals surface area contributed by atoms with Crippen molar-refractivity contribution in [3.05, 3.63) is 0 Å². The number of hydrogen-bond acceptors (Lipinski definition) is 2. The van der Waals surface area contributed by atoms with Gasteiger partial charge in [-0.1, -0.05) is 0 Å². The predicted octanol–water partition coefficient (Wildman–Crippen LogP) is 0.369. The quantitative estimate of drug-likeness (QED) is 0.581. The number of rotatable bonds is 1. The molecule has 1 aliphatic rings. The van der Waals surface area contributed by atoms with E-state index in [1.165, 1.54) is 4.90 Å². The number of carbonyl (C=O) groups is 1. The zero-order valence-electron chi connectivity index (χ0n) is 6.36. The van der Waals surface area contributed by atoms with Gasteiger partial charge in [0.05, 0.1) is 0 Å². The highest BCUT2D eigenvalue weighted by Crippen LogP contribution is 2.15. The van der Waals surface area contributed by atoms with Crippen LogP contribution in [-0.2, 0) is 0 Å². The lowest BCUT2D eigenvalue weighted by Gasteiger charge is -2.29. The van der Waals surface area contributed by atoms with Gasteiger partial charge in [-0.05, 0) is 18.8 Å². The molecular weight excluding hydrogens is 146 g/mol. The van der Waals surface area contributed by atoms with Gasteiger partial charge in [-0.3, -0.25) is 0 Å². The number of amides is 1. The minimum Gasteiger partial charge on any atom is -0.465 e. The smallest absolute Gasteiger partial charge is 0.407 e. The zero-order valence-corrected chi connectivity index (χ0v) is 6.36. The van der Waals surface area contributed by atoms with E-state index in [0.717, 1.165) is 12.8 Å². The molecule has 1 aliphatic heterocycles. The topological polar surface area (TPSA) is 60.8 Å². The minimum atomic E-state index is -0.872. The number of hydrogen-bond donors (Lipinski definition) is 2. The van der Waals surface area contributed by atoms with Crippen molar-refractivity contribution in [1.82, 2.24) is 4.90 Å². The van der Waals surface area contributed by atoms with Crippen molar-refractivity contribution < 1.29 is 15.0 Å². The van der Waals surface area contributed by atoms with Gasteiger partial charge < -0.3 is 15.1 Å². The highest BCUT2D eigenvalue weighted by Gasteiger charge is 2.21. The van der Waals surface area contributed by atoms with E-state index in [0.29, 0.717) is 13.1 Å². The van der Waals surface area contributed by atoms with E-state index in [1.54, 1.807) is 0 Å². The van der Waals surface area contributed by atoms with Gasteiger partial charge >= 0.3 is 6.09 Å². The Labute approximate surface area is 65.4 Å². The normalized spacial score (nSPS) is 25.2. The summed E-state index contributed by atoms with van der Waals surface area (Å²) in [6, 6.07) is 0. The second-order valence-corrected chi connectivity index (χ2v) is 2.92. The lowest BCUT2D eigenvalue weighted by atomic mass is 10.00. The van der Waals surface area contributed by atoms with E-state index in [9.17, 15) is 4.79 Å². The first-order chi connectivity index (χ1) is 5.24. The van der Waals surface area contributed by atoms with Crippen molar-refractivity contribution in [1.29, 1.82) is 0 Å². The second kappa shape index (κ2) is 3.57. The SMILES string of the molecule is O=C(O)N1CCC[C@H](CO)C1. The van der Waals surface area contributed by atoms with E-state index < -0.39 is 6.09 Å². The van der Waals surface area contributed by atoms with E-state index in [4.69, 9.17) is 10.2 Å². The fraction of sp³-hybridized carbons (Fsp3) is 0.857. The van der Waals surface area contributed by atoms with Gasteiger partial charge in [-0.15, -0.1) is 0 Å². The molecule has 1 fully saturated rings. The highest BCUT2D eigenvalue weighted by atomic mass is 16.4. The largest absolute Gasteiger partial charge is 0.465 e. The molecule has 0 bridgehead atoms. The summed E-state index contributed by atoms with van der Waals surface area (Å²) in [6.45, 7) is 1.21. The van der Waals surface area contributed by atoms with Gasteiger partial charge in [0.15, 0.2) is 0 Å². The third-order valence-electron chi connectivity index (χ3n) is 2.05. The Hall–Kier alpha value is -0.770. The molecule has 4 nitrogen and oxygen atoms in total. The average Bonchev–Trinajstić information content (AvgIpc) is 2.05. The maximum Gasteiger partial charge on any atom is 0.407 e. The summed E-state index contributed by atoms with van der Waals surface area (Å²) in [7, 11) is 0. The lowest BCUT2D eigenvalue weighted by Crippen LogP contribution is -2.40. The molecule has 0 aromatic carbocycles. The van der Waals surface area contributed by atoms with Crippen LogP contribution in [0.3, 0.4) is 0 Å². The molecule has 0 spiro atoms. The molecule has 2 N–H and O–H groups in total. The van der Waals surface area contributed by atoms with Gasteiger partial charge in [0.2, 0.25) is 0 Å². The molecule has 0 aromatic heterocycles. The highest BCUT2D eigenvalue weighted by molar-refractivity contribution is 5.65. The first kappa shape index (κ1) is 8.33. The molecule has 0 aliphatic carbocycles. The van der Waals surface area contributed by atoms with Crippen LogP contribution in [0, 0.1) is 5.92 Å². The van der Waals surface area contributed by atoms with Gasteiger partial charge in [-0.25, -0.2) is 4.79 Å². The maximum absolute atomic E-state index is 10.5. The van der Waals surface area contributed by atoms with Crippen LogP contribution >= 0.6 is 0 Å². The molecule has 4 heteroatoms. The number of likely N-dealkylation sites (tertiary alicyclic amines) is 1. The van der Waals surface area contributed by atoms with Crippen molar-refractivity contribution in [3.63, 3.8) is 0 Å². The van der Waals surface area contributed by atoms with E-state index in [2.05, 4.69) is 0 Å². The predicted molar refractivity (Wildman–Crippen MR) is 39.4 cm³/mol. The van der Waals surface area contributed by atoms with Crippen LogP contribution in [0.5, 0.6) is 0 Å². The average molecular weight is 159 g/mol. The van der Waals surface area contributed by atoms with Crippen LogP contribution < -0.4 is 0 Å².